The summed E-state index contributed by atoms with van der Waals surface area (Å²) in [5.41, 5.74) is -0.00623. The van der Waals surface area contributed by atoms with E-state index >= 15 is 0 Å². The Labute approximate surface area is 131 Å². The van der Waals surface area contributed by atoms with E-state index in [1.807, 2.05) is 7.11 Å². The summed E-state index contributed by atoms with van der Waals surface area (Å²) >= 11 is 0. The molecule has 2 rings (SSSR count). The first kappa shape index (κ1) is 17.2. The van der Waals surface area contributed by atoms with Crippen LogP contribution in [0.4, 0.5) is 0 Å². The van der Waals surface area contributed by atoms with Gasteiger partial charge in [0.05, 0.1) is 5.60 Å². The van der Waals surface area contributed by atoms with Crippen LogP contribution in [-0.4, -0.2) is 38.5 Å². The minimum absolute atomic E-state index is 0.00623. The Morgan fingerprint density at radius 1 is 1.24 bits per heavy atom. The van der Waals surface area contributed by atoms with Gasteiger partial charge in [0.25, 0.3) is 0 Å². The van der Waals surface area contributed by atoms with Gasteiger partial charge in [0.15, 0.2) is 0 Å². The molecule has 1 saturated carbocycles. The van der Waals surface area contributed by atoms with Crippen LogP contribution < -0.4 is 5.32 Å². The molecule has 3 unspecified atom stereocenters. The molecule has 21 heavy (non-hydrogen) atoms. The Hall–Kier alpha value is -0.120. The first-order valence-corrected chi connectivity index (χ1v) is 9.12. The van der Waals surface area contributed by atoms with Crippen molar-refractivity contribution in [2.75, 3.05) is 26.9 Å². The van der Waals surface area contributed by atoms with E-state index in [9.17, 15) is 0 Å². The lowest BCUT2D eigenvalue weighted by Crippen LogP contribution is -2.59. The number of nitrogens with one attached hydrogen (secondary N) is 1. The van der Waals surface area contributed by atoms with Crippen LogP contribution in [0, 0.1) is 11.8 Å². The zero-order chi connectivity index (χ0) is 15.1. The highest BCUT2D eigenvalue weighted by atomic mass is 16.5. The first-order valence-electron chi connectivity index (χ1n) is 9.12. The second kappa shape index (κ2) is 8.50. The Morgan fingerprint density at radius 3 is 2.62 bits per heavy atom. The molecule has 1 aliphatic carbocycles. The van der Waals surface area contributed by atoms with Gasteiger partial charge in [-0.2, -0.15) is 0 Å². The second-order valence-electron chi connectivity index (χ2n) is 7.01. The molecule has 0 bridgehead atoms. The number of methoxy groups -OCH3 is 1. The van der Waals surface area contributed by atoms with E-state index in [0.717, 1.165) is 44.4 Å². The minimum atomic E-state index is -0.00623. The van der Waals surface area contributed by atoms with Gasteiger partial charge < -0.3 is 14.8 Å². The second-order valence-corrected chi connectivity index (χ2v) is 7.01. The van der Waals surface area contributed by atoms with Gasteiger partial charge in [-0.15, -0.1) is 0 Å². The molecule has 0 aromatic heterocycles. The molecule has 0 aromatic carbocycles. The van der Waals surface area contributed by atoms with Crippen molar-refractivity contribution in [3.8, 4) is 0 Å². The van der Waals surface area contributed by atoms with Crippen molar-refractivity contribution in [3.05, 3.63) is 0 Å². The topological polar surface area (TPSA) is 30.5 Å². The van der Waals surface area contributed by atoms with Crippen LogP contribution in [0.5, 0.6) is 0 Å². The van der Waals surface area contributed by atoms with Crippen molar-refractivity contribution in [2.24, 2.45) is 11.8 Å². The maximum absolute atomic E-state index is 6.12. The largest absolute Gasteiger partial charge is 0.381 e. The summed E-state index contributed by atoms with van der Waals surface area (Å²) in [6.45, 7) is 7.40. The van der Waals surface area contributed by atoms with E-state index in [2.05, 4.69) is 19.2 Å². The Bertz CT molecular complexity index is 289. The van der Waals surface area contributed by atoms with Crippen LogP contribution in [0.3, 0.4) is 0 Å². The number of ether oxygens (including phenoxy) is 2. The van der Waals surface area contributed by atoms with E-state index in [1.165, 1.54) is 38.5 Å². The van der Waals surface area contributed by atoms with Gasteiger partial charge in [0, 0.05) is 39.2 Å². The molecule has 1 saturated heterocycles. The van der Waals surface area contributed by atoms with Crippen LogP contribution >= 0.6 is 0 Å². The Kier molecular flexibility index (Phi) is 6.97. The fourth-order valence-electron chi connectivity index (χ4n) is 4.45. The van der Waals surface area contributed by atoms with Gasteiger partial charge in [-0.3, -0.25) is 0 Å². The first-order chi connectivity index (χ1) is 10.3. The fraction of sp³-hybridized carbons (Fsp3) is 1.00. The summed E-state index contributed by atoms with van der Waals surface area (Å²) in [6, 6.07) is 0.501. The molecule has 3 heteroatoms. The Morgan fingerprint density at radius 2 is 2.00 bits per heavy atom. The minimum Gasteiger partial charge on any atom is -0.381 e. The molecule has 0 radical (unpaired) electrons. The molecule has 1 heterocycles. The molecule has 1 aliphatic heterocycles. The maximum atomic E-state index is 6.12. The molecular weight excluding hydrogens is 262 g/mol. The molecule has 0 amide bonds. The quantitative estimate of drug-likeness (QED) is 0.776. The third kappa shape index (κ3) is 4.20. The van der Waals surface area contributed by atoms with Crippen LogP contribution in [0.1, 0.15) is 65.2 Å². The van der Waals surface area contributed by atoms with E-state index in [1.54, 1.807) is 0 Å². The molecule has 2 fully saturated rings. The van der Waals surface area contributed by atoms with Crippen LogP contribution in [-0.2, 0) is 9.47 Å². The van der Waals surface area contributed by atoms with E-state index in [-0.39, 0.29) is 5.60 Å². The summed E-state index contributed by atoms with van der Waals surface area (Å²) < 4.78 is 11.7. The van der Waals surface area contributed by atoms with Crippen molar-refractivity contribution in [2.45, 2.75) is 76.9 Å². The molecule has 0 aromatic rings. The lowest BCUT2D eigenvalue weighted by Gasteiger charge is -2.48. The predicted molar refractivity (Wildman–Crippen MR) is 87.6 cm³/mol. The van der Waals surface area contributed by atoms with E-state index in [4.69, 9.17) is 9.47 Å². The monoisotopic (exact) mass is 297 g/mol. The van der Waals surface area contributed by atoms with Gasteiger partial charge >= 0.3 is 0 Å². The number of hydrogen-bond donors (Lipinski definition) is 1. The van der Waals surface area contributed by atoms with Crippen LogP contribution in [0.25, 0.3) is 0 Å². The SMILES string of the molecule is CCCNC(C1CCCC(CC)C1)C1(OC)CCOCC1. The average molecular weight is 297 g/mol. The van der Waals surface area contributed by atoms with E-state index < -0.39 is 0 Å². The highest BCUT2D eigenvalue weighted by molar-refractivity contribution is 4.99. The van der Waals surface area contributed by atoms with Gasteiger partial charge in [0.1, 0.15) is 0 Å². The number of hydrogen-bond acceptors (Lipinski definition) is 3. The van der Waals surface area contributed by atoms with Crippen molar-refractivity contribution < 1.29 is 9.47 Å². The highest BCUT2D eigenvalue weighted by Gasteiger charge is 2.44. The lowest BCUT2D eigenvalue weighted by atomic mass is 9.70. The third-order valence-electron chi connectivity index (χ3n) is 5.80. The van der Waals surface area contributed by atoms with Crippen molar-refractivity contribution in [1.29, 1.82) is 0 Å². The van der Waals surface area contributed by atoms with Crippen molar-refractivity contribution in [3.63, 3.8) is 0 Å². The summed E-state index contributed by atoms with van der Waals surface area (Å²) in [5.74, 6) is 1.69. The third-order valence-corrected chi connectivity index (χ3v) is 5.80. The van der Waals surface area contributed by atoms with Gasteiger partial charge in [-0.05, 0) is 37.6 Å². The summed E-state index contributed by atoms with van der Waals surface area (Å²) in [6.07, 6.45) is 10.2. The summed E-state index contributed by atoms with van der Waals surface area (Å²) in [4.78, 5) is 0. The van der Waals surface area contributed by atoms with Gasteiger partial charge in [-0.25, -0.2) is 0 Å². The lowest BCUT2D eigenvalue weighted by molar-refractivity contribution is -0.124. The molecular formula is C18H35NO2. The molecule has 2 aliphatic rings. The summed E-state index contributed by atoms with van der Waals surface area (Å²) in [5, 5.41) is 3.86. The Balaban J connectivity index is 2.11. The standard InChI is InChI=1S/C18H35NO2/c1-4-11-19-17(16-8-6-7-15(5-2)14-16)18(20-3)9-12-21-13-10-18/h15-17,19H,4-14H2,1-3H3. The molecule has 3 atom stereocenters. The highest BCUT2D eigenvalue weighted by Crippen LogP contribution is 2.40. The predicted octanol–water partition coefficient (Wildman–Crippen LogP) is 3.77. The molecule has 124 valence electrons. The maximum Gasteiger partial charge on any atom is 0.0877 e. The van der Waals surface area contributed by atoms with Crippen molar-refractivity contribution >= 4 is 0 Å². The van der Waals surface area contributed by atoms with Gasteiger partial charge in [-0.1, -0.05) is 33.1 Å². The van der Waals surface area contributed by atoms with Crippen LogP contribution in [0.15, 0.2) is 0 Å². The molecule has 3 nitrogen and oxygen atoms in total. The van der Waals surface area contributed by atoms with Gasteiger partial charge in [0.2, 0.25) is 0 Å². The van der Waals surface area contributed by atoms with Crippen LogP contribution in [0.2, 0.25) is 0 Å². The normalized spacial score (nSPS) is 31.0. The molecule has 1 N–H and O–H groups in total. The average Bonchev–Trinajstić information content (AvgIpc) is 2.56. The zero-order valence-electron chi connectivity index (χ0n) is 14.3. The number of rotatable bonds is 7. The zero-order valence-corrected chi connectivity index (χ0v) is 14.3. The summed E-state index contributed by atoms with van der Waals surface area (Å²) in [7, 11) is 1.91. The fourth-order valence-corrected chi connectivity index (χ4v) is 4.45. The molecule has 0 spiro atoms. The smallest absolute Gasteiger partial charge is 0.0877 e. The van der Waals surface area contributed by atoms with Crippen molar-refractivity contribution in [1.82, 2.24) is 5.32 Å². The van der Waals surface area contributed by atoms with E-state index in [0.29, 0.717) is 6.04 Å².